The molecule has 0 fully saturated rings. The van der Waals surface area contributed by atoms with Gasteiger partial charge >= 0.3 is 0 Å². The highest BCUT2D eigenvalue weighted by Gasteiger charge is 2.16. The van der Waals surface area contributed by atoms with Crippen LogP contribution in [0.4, 0.5) is 0 Å². The van der Waals surface area contributed by atoms with E-state index >= 15 is 0 Å². The van der Waals surface area contributed by atoms with Crippen LogP contribution in [0, 0.1) is 6.92 Å². The van der Waals surface area contributed by atoms with Crippen LogP contribution in [-0.4, -0.2) is 5.71 Å². The molecular formula is C18H19N. The Labute approximate surface area is 115 Å². The number of hydrogen-bond donors (Lipinski definition) is 0. The van der Waals surface area contributed by atoms with Crippen molar-refractivity contribution < 1.29 is 0 Å². The molecule has 0 spiro atoms. The minimum Gasteiger partial charge on any atom is -0.286 e. The lowest BCUT2D eigenvalue weighted by Crippen LogP contribution is -1.90. The maximum atomic E-state index is 4.69. The third-order valence-corrected chi connectivity index (χ3v) is 3.84. The molecule has 0 N–H and O–H groups in total. The standard InChI is InChI=1S/C18H19N/c1-13-3-6-15(7-4-13)16-8-10-17(11-9-16)18-12-5-14(2)19-18/h3-4,6-11,18H,5,12H2,1-2H3. The molecule has 1 aliphatic rings. The van der Waals surface area contributed by atoms with Crippen LogP contribution in [0.15, 0.2) is 53.5 Å². The highest BCUT2D eigenvalue weighted by molar-refractivity contribution is 5.83. The van der Waals surface area contributed by atoms with Crippen molar-refractivity contribution in [2.24, 2.45) is 4.99 Å². The van der Waals surface area contributed by atoms with Crippen LogP contribution in [-0.2, 0) is 0 Å². The summed E-state index contributed by atoms with van der Waals surface area (Å²) < 4.78 is 0. The Balaban J connectivity index is 1.85. The van der Waals surface area contributed by atoms with Crippen molar-refractivity contribution in [2.45, 2.75) is 32.7 Å². The zero-order chi connectivity index (χ0) is 13.2. The third kappa shape index (κ3) is 2.60. The number of aryl methyl sites for hydroxylation is 1. The van der Waals surface area contributed by atoms with Crippen LogP contribution >= 0.6 is 0 Å². The number of nitrogens with zero attached hydrogens (tertiary/aromatic N) is 1. The zero-order valence-electron chi connectivity index (χ0n) is 11.6. The normalized spacial score (nSPS) is 18.4. The van der Waals surface area contributed by atoms with Gasteiger partial charge in [-0.3, -0.25) is 4.99 Å². The molecule has 1 unspecified atom stereocenters. The van der Waals surface area contributed by atoms with Crippen LogP contribution in [0.25, 0.3) is 11.1 Å². The van der Waals surface area contributed by atoms with E-state index in [1.165, 1.54) is 28.0 Å². The molecular weight excluding hydrogens is 230 g/mol. The van der Waals surface area contributed by atoms with E-state index in [0.29, 0.717) is 6.04 Å². The second-order valence-corrected chi connectivity index (χ2v) is 5.41. The number of rotatable bonds is 2. The molecule has 3 rings (SSSR count). The molecule has 0 saturated carbocycles. The van der Waals surface area contributed by atoms with Crippen molar-refractivity contribution >= 4 is 5.71 Å². The van der Waals surface area contributed by atoms with E-state index in [2.05, 4.69) is 67.4 Å². The molecule has 0 aromatic heterocycles. The SMILES string of the molecule is CC1=NC(c2ccc(-c3ccc(C)cc3)cc2)CC1. The Bertz CT molecular complexity index is 591. The Kier molecular flexibility index (Phi) is 3.20. The predicted molar refractivity (Wildman–Crippen MR) is 81.7 cm³/mol. The van der Waals surface area contributed by atoms with Gasteiger partial charge in [0.2, 0.25) is 0 Å². The highest BCUT2D eigenvalue weighted by Crippen LogP contribution is 2.30. The molecule has 1 atom stereocenters. The first-order valence-electron chi connectivity index (χ1n) is 6.93. The van der Waals surface area contributed by atoms with E-state index < -0.39 is 0 Å². The van der Waals surface area contributed by atoms with Crippen molar-refractivity contribution in [2.75, 3.05) is 0 Å². The molecule has 0 radical (unpaired) electrons. The fourth-order valence-corrected chi connectivity index (χ4v) is 2.63. The highest BCUT2D eigenvalue weighted by atomic mass is 14.8. The quantitative estimate of drug-likeness (QED) is 0.713. The lowest BCUT2D eigenvalue weighted by Gasteiger charge is -2.08. The van der Waals surface area contributed by atoms with Crippen LogP contribution < -0.4 is 0 Å². The zero-order valence-corrected chi connectivity index (χ0v) is 11.6. The summed E-state index contributed by atoms with van der Waals surface area (Å²) in [4.78, 5) is 4.69. The van der Waals surface area contributed by atoms with Gasteiger partial charge in [-0.2, -0.15) is 0 Å². The van der Waals surface area contributed by atoms with E-state index in [-0.39, 0.29) is 0 Å². The van der Waals surface area contributed by atoms with Gasteiger partial charge in [0.15, 0.2) is 0 Å². The van der Waals surface area contributed by atoms with Crippen LogP contribution in [0.5, 0.6) is 0 Å². The summed E-state index contributed by atoms with van der Waals surface area (Å²) in [6.07, 6.45) is 2.31. The van der Waals surface area contributed by atoms with Crippen molar-refractivity contribution in [3.63, 3.8) is 0 Å². The molecule has 0 bridgehead atoms. The molecule has 96 valence electrons. The first-order chi connectivity index (χ1) is 9.22. The van der Waals surface area contributed by atoms with Crippen LogP contribution in [0.3, 0.4) is 0 Å². The number of aliphatic imine (C=N–C) groups is 1. The monoisotopic (exact) mass is 249 g/mol. The van der Waals surface area contributed by atoms with Crippen LogP contribution in [0.2, 0.25) is 0 Å². The van der Waals surface area contributed by atoms with Gasteiger partial charge in [0.05, 0.1) is 6.04 Å². The Morgan fingerprint density at radius 2 is 1.42 bits per heavy atom. The van der Waals surface area contributed by atoms with E-state index in [1.54, 1.807) is 0 Å². The van der Waals surface area contributed by atoms with E-state index in [1.807, 2.05) is 0 Å². The van der Waals surface area contributed by atoms with Gasteiger partial charge < -0.3 is 0 Å². The third-order valence-electron chi connectivity index (χ3n) is 3.84. The van der Waals surface area contributed by atoms with Gasteiger partial charge in [0.1, 0.15) is 0 Å². The molecule has 2 aromatic carbocycles. The van der Waals surface area contributed by atoms with E-state index in [0.717, 1.165) is 12.8 Å². The Hall–Kier alpha value is -1.89. The van der Waals surface area contributed by atoms with Crippen molar-refractivity contribution in [1.82, 2.24) is 0 Å². The summed E-state index contributed by atoms with van der Waals surface area (Å²) in [7, 11) is 0. The maximum absolute atomic E-state index is 4.69. The first-order valence-corrected chi connectivity index (χ1v) is 6.93. The second-order valence-electron chi connectivity index (χ2n) is 5.41. The summed E-state index contributed by atoms with van der Waals surface area (Å²) in [6, 6.07) is 17.9. The van der Waals surface area contributed by atoms with Gasteiger partial charge in [-0.1, -0.05) is 54.1 Å². The molecule has 1 nitrogen and oxygen atoms in total. The summed E-state index contributed by atoms with van der Waals surface area (Å²) in [6.45, 7) is 4.24. The van der Waals surface area contributed by atoms with Gasteiger partial charge in [-0.05, 0) is 43.4 Å². The largest absolute Gasteiger partial charge is 0.286 e. The summed E-state index contributed by atoms with van der Waals surface area (Å²) in [5.41, 5.74) is 6.49. The molecule has 1 heterocycles. The lowest BCUT2D eigenvalue weighted by atomic mass is 9.99. The van der Waals surface area contributed by atoms with E-state index in [9.17, 15) is 0 Å². The fraction of sp³-hybridized carbons (Fsp3) is 0.278. The number of hydrogen-bond acceptors (Lipinski definition) is 1. The number of benzene rings is 2. The first kappa shape index (κ1) is 12.2. The minimum absolute atomic E-state index is 0.382. The molecule has 0 aliphatic carbocycles. The van der Waals surface area contributed by atoms with Crippen molar-refractivity contribution in [3.8, 4) is 11.1 Å². The van der Waals surface area contributed by atoms with E-state index in [4.69, 9.17) is 0 Å². The predicted octanol–water partition coefficient (Wildman–Crippen LogP) is 4.96. The van der Waals surface area contributed by atoms with Crippen molar-refractivity contribution in [1.29, 1.82) is 0 Å². The van der Waals surface area contributed by atoms with Gasteiger partial charge in [-0.15, -0.1) is 0 Å². The average molecular weight is 249 g/mol. The van der Waals surface area contributed by atoms with Gasteiger partial charge in [0.25, 0.3) is 0 Å². The average Bonchev–Trinajstić information content (AvgIpc) is 2.87. The molecule has 0 saturated heterocycles. The molecule has 19 heavy (non-hydrogen) atoms. The fourth-order valence-electron chi connectivity index (χ4n) is 2.63. The molecule has 0 amide bonds. The smallest absolute Gasteiger partial charge is 0.0751 e. The minimum atomic E-state index is 0.382. The summed E-state index contributed by atoms with van der Waals surface area (Å²) in [5.74, 6) is 0. The summed E-state index contributed by atoms with van der Waals surface area (Å²) >= 11 is 0. The van der Waals surface area contributed by atoms with Gasteiger partial charge in [0, 0.05) is 5.71 Å². The van der Waals surface area contributed by atoms with Crippen LogP contribution in [0.1, 0.15) is 36.9 Å². The topological polar surface area (TPSA) is 12.4 Å². The van der Waals surface area contributed by atoms with Crippen molar-refractivity contribution in [3.05, 3.63) is 59.7 Å². The summed E-state index contributed by atoms with van der Waals surface area (Å²) in [5, 5.41) is 0. The Morgan fingerprint density at radius 1 is 0.842 bits per heavy atom. The van der Waals surface area contributed by atoms with Gasteiger partial charge in [-0.25, -0.2) is 0 Å². The lowest BCUT2D eigenvalue weighted by molar-refractivity contribution is 0.723. The molecule has 1 aliphatic heterocycles. The Morgan fingerprint density at radius 3 is 1.95 bits per heavy atom. The second kappa shape index (κ2) is 5.00. The molecule has 1 heteroatoms. The maximum Gasteiger partial charge on any atom is 0.0751 e. The molecule has 2 aromatic rings.